The van der Waals surface area contributed by atoms with E-state index in [2.05, 4.69) is 20.2 Å². The molecule has 0 spiro atoms. The molecule has 0 amide bonds. The number of aromatic nitrogens is 6. The predicted molar refractivity (Wildman–Crippen MR) is 92.4 cm³/mol. The van der Waals surface area contributed by atoms with Gasteiger partial charge in [-0.05, 0) is 24.6 Å². The quantitative estimate of drug-likeness (QED) is 0.566. The Bertz CT molecular complexity index is 1210. The van der Waals surface area contributed by atoms with Gasteiger partial charge in [-0.1, -0.05) is 12.1 Å². The average molecular weight is 368 g/mol. The molecule has 136 valence electrons. The SMILES string of the molecule is C[C@@H](c1ccc(F)cc1)n1ncc2nc(-n3cc(C(=O)O)cn3)[nH]c(=O)c21. The Kier molecular flexibility index (Phi) is 3.80. The van der Waals surface area contributed by atoms with Gasteiger partial charge in [-0.25, -0.2) is 18.9 Å². The Morgan fingerprint density at radius 1 is 1.22 bits per heavy atom. The maximum atomic E-state index is 13.1. The summed E-state index contributed by atoms with van der Waals surface area (Å²) in [6, 6.07) is 5.62. The zero-order valence-corrected chi connectivity index (χ0v) is 14.0. The molecular weight excluding hydrogens is 355 g/mol. The van der Waals surface area contributed by atoms with Gasteiger partial charge in [0.1, 0.15) is 11.3 Å². The fraction of sp³-hybridized carbons (Fsp3) is 0.118. The summed E-state index contributed by atoms with van der Waals surface area (Å²) < 4.78 is 15.8. The van der Waals surface area contributed by atoms with Crippen LogP contribution in [0.1, 0.15) is 28.9 Å². The van der Waals surface area contributed by atoms with E-state index < -0.39 is 11.5 Å². The van der Waals surface area contributed by atoms with Crippen LogP contribution in [0.4, 0.5) is 4.39 Å². The summed E-state index contributed by atoms with van der Waals surface area (Å²) in [5.74, 6) is -1.40. The Balaban J connectivity index is 1.78. The van der Waals surface area contributed by atoms with Crippen LogP contribution in [0.25, 0.3) is 17.0 Å². The second-order valence-corrected chi connectivity index (χ2v) is 5.92. The molecule has 3 heterocycles. The van der Waals surface area contributed by atoms with Crippen LogP contribution in [0.3, 0.4) is 0 Å². The van der Waals surface area contributed by atoms with Crippen molar-refractivity contribution in [1.29, 1.82) is 0 Å². The lowest BCUT2D eigenvalue weighted by Crippen LogP contribution is -2.18. The molecule has 0 aliphatic carbocycles. The summed E-state index contributed by atoms with van der Waals surface area (Å²) in [6.45, 7) is 1.83. The van der Waals surface area contributed by atoms with Gasteiger partial charge in [-0.15, -0.1) is 0 Å². The molecule has 1 aromatic carbocycles. The van der Waals surface area contributed by atoms with Gasteiger partial charge in [0.15, 0.2) is 5.52 Å². The molecule has 3 aromatic heterocycles. The normalized spacial score (nSPS) is 12.4. The van der Waals surface area contributed by atoms with Crippen molar-refractivity contribution in [2.75, 3.05) is 0 Å². The van der Waals surface area contributed by atoms with E-state index in [1.54, 1.807) is 12.1 Å². The van der Waals surface area contributed by atoms with Gasteiger partial charge in [0, 0.05) is 6.20 Å². The molecule has 0 saturated carbocycles. The van der Waals surface area contributed by atoms with Gasteiger partial charge in [-0.3, -0.25) is 14.5 Å². The van der Waals surface area contributed by atoms with Gasteiger partial charge in [0.25, 0.3) is 5.56 Å². The van der Waals surface area contributed by atoms with E-state index in [4.69, 9.17) is 5.11 Å². The topological polar surface area (TPSA) is 119 Å². The smallest absolute Gasteiger partial charge is 0.338 e. The van der Waals surface area contributed by atoms with Crippen LogP contribution in [0.15, 0.2) is 47.7 Å². The van der Waals surface area contributed by atoms with Crippen molar-refractivity contribution in [3.8, 4) is 5.95 Å². The number of carboxylic acid groups (broad SMARTS) is 1. The van der Waals surface area contributed by atoms with E-state index in [1.165, 1.54) is 33.9 Å². The van der Waals surface area contributed by atoms with Gasteiger partial charge < -0.3 is 5.11 Å². The number of carbonyl (C=O) groups is 1. The first kappa shape index (κ1) is 16.6. The molecule has 1 atom stereocenters. The molecule has 27 heavy (non-hydrogen) atoms. The molecule has 2 N–H and O–H groups in total. The zero-order valence-electron chi connectivity index (χ0n) is 14.0. The molecule has 0 bridgehead atoms. The van der Waals surface area contributed by atoms with Crippen LogP contribution >= 0.6 is 0 Å². The third-order valence-electron chi connectivity index (χ3n) is 4.21. The van der Waals surface area contributed by atoms with Crippen LogP contribution in [-0.2, 0) is 0 Å². The van der Waals surface area contributed by atoms with Gasteiger partial charge in [-0.2, -0.15) is 10.2 Å². The van der Waals surface area contributed by atoms with Crippen molar-refractivity contribution in [1.82, 2.24) is 29.5 Å². The van der Waals surface area contributed by atoms with Crippen molar-refractivity contribution in [2.24, 2.45) is 0 Å². The van der Waals surface area contributed by atoms with E-state index in [0.29, 0.717) is 5.52 Å². The van der Waals surface area contributed by atoms with Crippen molar-refractivity contribution < 1.29 is 14.3 Å². The van der Waals surface area contributed by atoms with Gasteiger partial charge >= 0.3 is 5.97 Å². The highest BCUT2D eigenvalue weighted by atomic mass is 19.1. The maximum absolute atomic E-state index is 13.1. The number of nitrogens with one attached hydrogen (secondary N) is 1. The molecule has 0 saturated heterocycles. The first-order chi connectivity index (χ1) is 12.9. The monoisotopic (exact) mass is 368 g/mol. The standard InChI is InChI=1S/C17H13FN6O3/c1-9(10-2-4-12(18)5-3-10)24-14-13(7-20-24)21-17(22-15(14)25)23-8-11(6-19-23)16(26)27/h2-9H,1H3,(H,26,27)(H,21,22,25)/t9-/m0/s1. The number of aromatic amines is 1. The summed E-state index contributed by atoms with van der Waals surface area (Å²) in [5.41, 5.74) is 0.881. The lowest BCUT2D eigenvalue weighted by atomic mass is 10.1. The summed E-state index contributed by atoms with van der Waals surface area (Å²) in [6.07, 6.45) is 3.85. The lowest BCUT2D eigenvalue weighted by molar-refractivity contribution is 0.0697. The number of fused-ring (bicyclic) bond motifs is 1. The third kappa shape index (κ3) is 2.86. The van der Waals surface area contributed by atoms with Crippen LogP contribution in [0, 0.1) is 5.82 Å². The van der Waals surface area contributed by atoms with E-state index in [-0.39, 0.29) is 28.9 Å². The number of hydrogen-bond donors (Lipinski definition) is 2. The molecule has 0 aliphatic rings. The van der Waals surface area contributed by atoms with Crippen LogP contribution in [0.2, 0.25) is 0 Å². The van der Waals surface area contributed by atoms with Gasteiger partial charge in [0.2, 0.25) is 5.95 Å². The van der Waals surface area contributed by atoms with Gasteiger partial charge in [0.05, 0.1) is 24.0 Å². The number of nitrogens with zero attached hydrogens (tertiary/aromatic N) is 5. The Labute approximate surface area is 150 Å². The summed E-state index contributed by atoms with van der Waals surface area (Å²) in [4.78, 5) is 30.5. The molecule has 0 unspecified atom stereocenters. The van der Waals surface area contributed by atoms with Crippen molar-refractivity contribution in [2.45, 2.75) is 13.0 Å². The summed E-state index contributed by atoms with van der Waals surface area (Å²) in [5, 5.41) is 17.1. The second kappa shape index (κ2) is 6.16. The fourth-order valence-corrected chi connectivity index (χ4v) is 2.79. The van der Waals surface area contributed by atoms with Crippen LogP contribution in [0.5, 0.6) is 0 Å². The molecule has 0 radical (unpaired) electrons. The summed E-state index contributed by atoms with van der Waals surface area (Å²) >= 11 is 0. The predicted octanol–water partition coefficient (Wildman–Crippen LogP) is 1.75. The minimum atomic E-state index is -1.13. The van der Waals surface area contributed by atoms with Crippen molar-refractivity contribution in [3.63, 3.8) is 0 Å². The summed E-state index contributed by atoms with van der Waals surface area (Å²) in [7, 11) is 0. The van der Waals surface area contributed by atoms with Crippen molar-refractivity contribution in [3.05, 3.63) is 70.2 Å². The molecule has 4 aromatic rings. The van der Waals surface area contributed by atoms with E-state index in [9.17, 15) is 14.0 Å². The Hall–Kier alpha value is -3.82. The molecule has 4 rings (SSSR count). The second-order valence-electron chi connectivity index (χ2n) is 5.92. The maximum Gasteiger partial charge on any atom is 0.338 e. The number of H-pyrrole nitrogens is 1. The Morgan fingerprint density at radius 3 is 2.63 bits per heavy atom. The van der Waals surface area contributed by atoms with Crippen LogP contribution < -0.4 is 5.56 Å². The Morgan fingerprint density at radius 2 is 1.96 bits per heavy atom. The average Bonchev–Trinajstić information content (AvgIpc) is 3.29. The molecule has 0 aliphatic heterocycles. The van der Waals surface area contributed by atoms with E-state index in [1.807, 2.05) is 6.92 Å². The molecule has 0 fully saturated rings. The van der Waals surface area contributed by atoms with E-state index in [0.717, 1.165) is 11.8 Å². The number of carboxylic acids is 1. The number of aromatic carboxylic acids is 1. The highest BCUT2D eigenvalue weighted by molar-refractivity contribution is 5.87. The molecule has 9 nitrogen and oxygen atoms in total. The lowest BCUT2D eigenvalue weighted by Gasteiger charge is -2.13. The zero-order chi connectivity index (χ0) is 19.1. The largest absolute Gasteiger partial charge is 0.478 e. The molecule has 10 heteroatoms. The van der Waals surface area contributed by atoms with Crippen molar-refractivity contribution >= 4 is 17.0 Å². The third-order valence-corrected chi connectivity index (χ3v) is 4.21. The highest BCUT2D eigenvalue weighted by Gasteiger charge is 2.17. The number of halogens is 1. The fourth-order valence-electron chi connectivity index (χ4n) is 2.79. The number of hydrogen-bond acceptors (Lipinski definition) is 5. The number of benzene rings is 1. The van der Waals surface area contributed by atoms with Crippen LogP contribution in [-0.4, -0.2) is 40.6 Å². The number of rotatable bonds is 4. The minimum absolute atomic E-state index is 0.0293. The highest BCUT2D eigenvalue weighted by Crippen LogP contribution is 2.21. The first-order valence-electron chi connectivity index (χ1n) is 7.95. The first-order valence-corrected chi connectivity index (χ1v) is 7.95. The minimum Gasteiger partial charge on any atom is -0.478 e. The van der Waals surface area contributed by atoms with E-state index >= 15 is 0 Å². The molecular formula is C17H13FN6O3.